The molecule has 0 aliphatic carbocycles. The Balaban J connectivity index is 2.48. The first kappa shape index (κ1) is 5.55. The van der Waals surface area contributed by atoms with Gasteiger partial charge in [0.25, 0.3) is 0 Å². The minimum atomic E-state index is 0.787. The monoisotopic (exact) mass is 153 g/mol. The van der Waals surface area contributed by atoms with E-state index in [-0.39, 0.29) is 0 Å². The second-order valence-electron chi connectivity index (χ2n) is 1.67. The van der Waals surface area contributed by atoms with Crippen LogP contribution in [0.15, 0.2) is 23.0 Å². The van der Waals surface area contributed by atoms with Gasteiger partial charge in [0.05, 0.1) is 11.1 Å². The summed E-state index contributed by atoms with van der Waals surface area (Å²) in [6, 6.07) is 1.77. The third kappa shape index (κ3) is 0.801. The van der Waals surface area contributed by atoms with E-state index in [1.165, 1.54) is 17.8 Å². The van der Waals surface area contributed by atoms with Gasteiger partial charge in [-0.25, -0.2) is 0 Å². The Kier molecular flexibility index (Phi) is 1.21. The highest BCUT2D eigenvalue weighted by Gasteiger charge is 2.01. The maximum Gasteiger partial charge on any atom is 0.127 e. The molecule has 2 aromatic heterocycles. The molecule has 10 heavy (non-hydrogen) atoms. The van der Waals surface area contributed by atoms with Crippen LogP contribution >= 0.6 is 11.5 Å². The minimum Gasteiger partial charge on any atom is -0.364 e. The van der Waals surface area contributed by atoms with Crippen molar-refractivity contribution in [3.63, 3.8) is 0 Å². The molecule has 2 heterocycles. The van der Waals surface area contributed by atoms with E-state index in [0.717, 1.165) is 10.6 Å². The molecule has 0 N–H and O–H groups in total. The van der Waals surface area contributed by atoms with Crippen LogP contribution in [0, 0.1) is 0 Å². The molecule has 0 radical (unpaired) electrons. The van der Waals surface area contributed by atoms with E-state index in [2.05, 4.69) is 19.3 Å². The van der Waals surface area contributed by atoms with Crippen LogP contribution in [0.1, 0.15) is 0 Å². The summed E-state index contributed by atoms with van der Waals surface area (Å²) in [7, 11) is 0. The first-order valence-corrected chi connectivity index (χ1v) is 3.42. The van der Waals surface area contributed by atoms with Crippen molar-refractivity contribution < 1.29 is 4.52 Å². The molecule has 0 saturated heterocycles. The number of nitrogens with zero attached hydrogens (tertiary/aromatic N) is 3. The van der Waals surface area contributed by atoms with Crippen molar-refractivity contribution in [1.82, 2.24) is 14.7 Å². The average molecular weight is 153 g/mol. The van der Waals surface area contributed by atoms with Crippen LogP contribution in [0.5, 0.6) is 0 Å². The Hall–Kier alpha value is -1.23. The smallest absolute Gasteiger partial charge is 0.127 e. The SMILES string of the molecule is c1cc(-c2cnns2)no1. The fourth-order valence-electron chi connectivity index (χ4n) is 0.620. The zero-order chi connectivity index (χ0) is 6.81. The minimum absolute atomic E-state index is 0.787. The molecule has 0 bridgehead atoms. The largest absolute Gasteiger partial charge is 0.364 e. The van der Waals surface area contributed by atoms with E-state index in [9.17, 15) is 0 Å². The van der Waals surface area contributed by atoms with E-state index < -0.39 is 0 Å². The van der Waals surface area contributed by atoms with Gasteiger partial charge >= 0.3 is 0 Å². The van der Waals surface area contributed by atoms with Crippen LogP contribution < -0.4 is 0 Å². The van der Waals surface area contributed by atoms with Crippen molar-refractivity contribution >= 4 is 11.5 Å². The Morgan fingerprint density at radius 2 is 2.50 bits per heavy atom. The molecule has 0 fully saturated rings. The molecular weight excluding hydrogens is 150 g/mol. The lowest BCUT2D eigenvalue weighted by molar-refractivity contribution is 0.422. The predicted octanol–water partition coefficient (Wildman–Crippen LogP) is 1.19. The Morgan fingerprint density at radius 3 is 3.10 bits per heavy atom. The van der Waals surface area contributed by atoms with Crippen molar-refractivity contribution in [2.24, 2.45) is 0 Å². The van der Waals surface area contributed by atoms with E-state index in [0.29, 0.717) is 0 Å². The van der Waals surface area contributed by atoms with Crippen LogP contribution in [0.3, 0.4) is 0 Å². The lowest BCUT2D eigenvalue weighted by Crippen LogP contribution is -1.66. The molecule has 4 nitrogen and oxygen atoms in total. The fourth-order valence-corrected chi connectivity index (χ4v) is 1.10. The fraction of sp³-hybridized carbons (Fsp3) is 0. The highest BCUT2D eigenvalue weighted by atomic mass is 32.1. The highest BCUT2D eigenvalue weighted by Crippen LogP contribution is 2.18. The van der Waals surface area contributed by atoms with Gasteiger partial charge < -0.3 is 4.52 Å². The molecule has 0 amide bonds. The zero-order valence-corrected chi connectivity index (χ0v) is 5.71. The summed E-state index contributed by atoms with van der Waals surface area (Å²) in [5, 5.41) is 7.38. The van der Waals surface area contributed by atoms with E-state index in [1.807, 2.05) is 0 Å². The molecule has 0 aliphatic rings. The molecular formula is C5H3N3OS. The Labute approximate surface area is 60.6 Å². The van der Waals surface area contributed by atoms with E-state index in [4.69, 9.17) is 0 Å². The number of hydrogen-bond donors (Lipinski definition) is 0. The summed E-state index contributed by atoms with van der Waals surface area (Å²) >= 11 is 1.30. The molecule has 2 rings (SSSR count). The van der Waals surface area contributed by atoms with Gasteiger partial charge in [-0.1, -0.05) is 9.64 Å². The summed E-state index contributed by atoms with van der Waals surface area (Å²) in [6.07, 6.45) is 3.18. The van der Waals surface area contributed by atoms with Crippen LogP contribution in [-0.2, 0) is 0 Å². The summed E-state index contributed by atoms with van der Waals surface area (Å²) in [5.41, 5.74) is 0.787. The van der Waals surface area contributed by atoms with Crippen molar-refractivity contribution in [1.29, 1.82) is 0 Å². The maximum atomic E-state index is 4.64. The van der Waals surface area contributed by atoms with Gasteiger partial charge in [-0.3, -0.25) is 0 Å². The standard InChI is InChI=1S/C5H3N3OS/c1-2-9-7-4(1)5-3-6-8-10-5/h1-3H. The topological polar surface area (TPSA) is 51.8 Å². The number of aromatic nitrogens is 3. The summed E-state index contributed by atoms with van der Waals surface area (Å²) in [5.74, 6) is 0. The molecule has 0 aromatic carbocycles. The number of hydrogen-bond acceptors (Lipinski definition) is 5. The molecule has 0 aliphatic heterocycles. The third-order valence-corrected chi connectivity index (χ3v) is 1.74. The molecule has 0 saturated carbocycles. The van der Waals surface area contributed by atoms with E-state index in [1.54, 1.807) is 12.3 Å². The Morgan fingerprint density at radius 1 is 1.50 bits per heavy atom. The van der Waals surface area contributed by atoms with Gasteiger partial charge in [-0.2, -0.15) is 0 Å². The first-order chi connectivity index (χ1) is 4.97. The van der Waals surface area contributed by atoms with Crippen molar-refractivity contribution in [3.8, 4) is 10.6 Å². The molecule has 0 atom stereocenters. The van der Waals surface area contributed by atoms with Gasteiger partial charge in [-0.15, -0.1) is 5.10 Å². The second-order valence-corrected chi connectivity index (χ2v) is 2.45. The third-order valence-electron chi connectivity index (χ3n) is 1.05. The molecule has 50 valence electrons. The lowest BCUT2D eigenvalue weighted by Gasteiger charge is -1.78. The average Bonchev–Trinajstić information content (AvgIpc) is 2.59. The molecule has 0 spiro atoms. The van der Waals surface area contributed by atoms with Gasteiger partial charge in [0.15, 0.2) is 0 Å². The van der Waals surface area contributed by atoms with Crippen molar-refractivity contribution in [3.05, 3.63) is 18.5 Å². The highest BCUT2D eigenvalue weighted by molar-refractivity contribution is 7.09. The molecule has 5 heteroatoms. The zero-order valence-electron chi connectivity index (χ0n) is 4.89. The van der Waals surface area contributed by atoms with Crippen LogP contribution in [0.2, 0.25) is 0 Å². The first-order valence-electron chi connectivity index (χ1n) is 2.65. The normalized spacial score (nSPS) is 10.0. The van der Waals surface area contributed by atoms with Gasteiger partial charge in [0.2, 0.25) is 0 Å². The number of rotatable bonds is 1. The Bertz CT molecular complexity index is 256. The molecule has 0 unspecified atom stereocenters. The van der Waals surface area contributed by atoms with Crippen LogP contribution in [0.25, 0.3) is 10.6 Å². The summed E-state index contributed by atoms with van der Waals surface area (Å²) in [6.45, 7) is 0. The van der Waals surface area contributed by atoms with Crippen molar-refractivity contribution in [2.75, 3.05) is 0 Å². The van der Waals surface area contributed by atoms with Gasteiger partial charge in [0, 0.05) is 6.07 Å². The summed E-state index contributed by atoms with van der Waals surface area (Å²) in [4.78, 5) is 0.925. The maximum absolute atomic E-state index is 4.64. The van der Waals surface area contributed by atoms with Gasteiger partial charge in [0.1, 0.15) is 12.0 Å². The van der Waals surface area contributed by atoms with Crippen LogP contribution in [0.4, 0.5) is 0 Å². The second kappa shape index (κ2) is 2.18. The van der Waals surface area contributed by atoms with Crippen LogP contribution in [-0.4, -0.2) is 14.7 Å². The predicted molar refractivity (Wildman–Crippen MR) is 35.4 cm³/mol. The van der Waals surface area contributed by atoms with E-state index >= 15 is 0 Å². The quantitative estimate of drug-likeness (QED) is 0.617. The van der Waals surface area contributed by atoms with Gasteiger partial charge in [-0.05, 0) is 11.5 Å². The van der Waals surface area contributed by atoms with Crippen molar-refractivity contribution in [2.45, 2.75) is 0 Å². The summed E-state index contributed by atoms with van der Waals surface area (Å²) < 4.78 is 8.33. The lowest BCUT2D eigenvalue weighted by atomic mass is 10.4. The molecule has 2 aromatic rings.